The minimum absolute atomic E-state index is 0.00359. The molecule has 0 spiro atoms. The predicted octanol–water partition coefficient (Wildman–Crippen LogP) is 3.87. The summed E-state index contributed by atoms with van der Waals surface area (Å²) in [5.41, 5.74) is 2.61. The Labute approximate surface area is 152 Å². The average molecular weight is 367 g/mol. The van der Waals surface area contributed by atoms with Crippen LogP contribution in [0.4, 0.5) is 14.5 Å². The number of nitrogens with zero attached hydrogens (tertiary/aromatic N) is 3. The molecule has 0 aliphatic rings. The number of para-hydroxylation sites is 2. The monoisotopic (exact) mass is 367 g/mol. The van der Waals surface area contributed by atoms with E-state index in [9.17, 15) is 13.6 Å². The van der Waals surface area contributed by atoms with Gasteiger partial charge in [-0.25, -0.2) is 18.4 Å². The zero-order valence-electron chi connectivity index (χ0n) is 14.1. The van der Waals surface area contributed by atoms with E-state index in [2.05, 4.69) is 20.4 Å². The summed E-state index contributed by atoms with van der Waals surface area (Å²) in [5, 5.41) is 6.90. The molecule has 2 N–H and O–H groups in total. The first kappa shape index (κ1) is 16.9. The lowest BCUT2D eigenvalue weighted by Gasteiger charge is -2.05. The number of amides is 1. The summed E-state index contributed by atoms with van der Waals surface area (Å²) in [6.07, 6.45) is 0.567. The first-order valence-electron chi connectivity index (χ1n) is 8.25. The second kappa shape index (κ2) is 6.99. The van der Waals surface area contributed by atoms with Crippen LogP contribution in [0.15, 0.2) is 60.9 Å². The normalized spacial score (nSPS) is 11.2. The van der Waals surface area contributed by atoms with Gasteiger partial charge in [-0.3, -0.25) is 4.79 Å². The summed E-state index contributed by atoms with van der Waals surface area (Å²) in [5.74, 6) is 0.215. The Bertz CT molecular complexity index is 1070. The highest BCUT2D eigenvalue weighted by molar-refractivity contribution is 5.92. The molecular weight excluding hydrogens is 352 g/mol. The fourth-order valence-electron chi connectivity index (χ4n) is 2.78. The smallest absolute Gasteiger partial charge is 0.263 e. The van der Waals surface area contributed by atoms with Gasteiger partial charge in [0.15, 0.2) is 0 Å². The zero-order chi connectivity index (χ0) is 18.8. The molecule has 2 aromatic heterocycles. The number of rotatable bonds is 5. The number of imidazole rings is 1. The molecule has 0 saturated carbocycles. The van der Waals surface area contributed by atoms with Crippen molar-refractivity contribution in [1.82, 2.24) is 19.7 Å². The molecule has 0 radical (unpaired) electrons. The lowest BCUT2D eigenvalue weighted by atomic mass is 10.1. The van der Waals surface area contributed by atoms with Gasteiger partial charge >= 0.3 is 0 Å². The molecule has 6 nitrogen and oxygen atoms in total. The highest BCUT2D eigenvalue weighted by Gasteiger charge is 2.11. The number of alkyl halides is 2. The van der Waals surface area contributed by atoms with Crippen LogP contribution in [0.2, 0.25) is 0 Å². The molecule has 2 aromatic carbocycles. The number of hydrogen-bond acceptors (Lipinski definition) is 3. The number of carbonyl (C=O) groups excluding carboxylic acids is 1. The van der Waals surface area contributed by atoms with E-state index in [1.54, 1.807) is 12.3 Å². The van der Waals surface area contributed by atoms with Crippen LogP contribution >= 0.6 is 0 Å². The van der Waals surface area contributed by atoms with E-state index in [0.717, 1.165) is 11.0 Å². The Morgan fingerprint density at radius 3 is 2.85 bits per heavy atom. The Balaban J connectivity index is 1.46. The van der Waals surface area contributed by atoms with Crippen LogP contribution in [0.1, 0.15) is 17.6 Å². The standard InChI is InChI=1S/C19H15F2N5O/c20-18(21)13-5-3-4-12(8-13)9-17(27)23-14-10-22-26(11-14)19-24-15-6-1-2-7-16(15)25-19/h1-8,10-11,18H,9H2,(H,23,27)(H,24,25). The van der Waals surface area contributed by atoms with E-state index in [4.69, 9.17) is 0 Å². The molecule has 0 atom stereocenters. The van der Waals surface area contributed by atoms with E-state index >= 15 is 0 Å². The summed E-state index contributed by atoms with van der Waals surface area (Å²) in [6.45, 7) is 0. The molecule has 2 heterocycles. The summed E-state index contributed by atoms with van der Waals surface area (Å²) in [4.78, 5) is 19.8. The first-order valence-corrected chi connectivity index (χ1v) is 8.25. The molecule has 0 fully saturated rings. The number of fused-ring (bicyclic) bond motifs is 1. The second-order valence-corrected chi connectivity index (χ2v) is 6.02. The van der Waals surface area contributed by atoms with E-state index in [1.807, 2.05) is 24.3 Å². The highest BCUT2D eigenvalue weighted by atomic mass is 19.3. The molecule has 27 heavy (non-hydrogen) atoms. The van der Waals surface area contributed by atoms with Gasteiger partial charge in [0.1, 0.15) is 0 Å². The van der Waals surface area contributed by atoms with Crippen LogP contribution in [0.3, 0.4) is 0 Å². The van der Waals surface area contributed by atoms with Gasteiger partial charge in [-0.15, -0.1) is 0 Å². The minimum atomic E-state index is -2.56. The van der Waals surface area contributed by atoms with Crippen LogP contribution in [0.25, 0.3) is 17.0 Å². The highest BCUT2D eigenvalue weighted by Crippen LogP contribution is 2.20. The Hall–Kier alpha value is -3.55. The number of aromatic nitrogens is 4. The summed E-state index contributed by atoms with van der Waals surface area (Å²) in [7, 11) is 0. The lowest BCUT2D eigenvalue weighted by molar-refractivity contribution is -0.115. The molecule has 4 aromatic rings. The molecular formula is C19H15F2N5O. The topological polar surface area (TPSA) is 75.6 Å². The number of aromatic amines is 1. The summed E-state index contributed by atoms with van der Waals surface area (Å²) in [6, 6.07) is 13.4. The van der Waals surface area contributed by atoms with E-state index < -0.39 is 6.43 Å². The van der Waals surface area contributed by atoms with Crippen LogP contribution in [-0.2, 0) is 11.2 Å². The van der Waals surface area contributed by atoms with Crippen LogP contribution in [0.5, 0.6) is 0 Å². The van der Waals surface area contributed by atoms with E-state index in [0.29, 0.717) is 17.2 Å². The molecule has 0 unspecified atom stereocenters. The average Bonchev–Trinajstić information content (AvgIpc) is 3.28. The molecule has 1 amide bonds. The van der Waals surface area contributed by atoms with E-state index in [-0.39, 0.29) is 17.9 Å². The number of anilines is 1. The number of carbonyl (C=O) groups is 1. The van der Waals surface area contributed by atoms with Crippen molar-refractivity contribution < 1.29 is 13.6 Å². The Morgan fingerprint density at radius 1 is 1.19 bits per heavy atom. The summed E-state index contributed by atoms with van der Waals surface area (Å²) < 4.78 is 27.0. The number of nitrogens with one attached hydrogen (secondary N) is 2. The van der Waals surface area contributed by atoms with Gasteiger partial charge < -0.3 is 10.3 Å². The van der Waals surface area contributed by atoms with Crippen molar-refractivity contribution in [2.75, 3.05) is 5.32 Å². The van der Waals surface area contributed by atoms with Gasteiger partial charge in [0.2, 0.25) is 11.9 Å². The van der Waals surface area contributed by atoms with Crippen molar-refractivity contribution in [3.05, 3.63) is 72.1 Å². The second-order valence-electron chi connectivity index (χ2n) is 6.02. The Kier molecular flexibility index (Phi) is 4.37. The van der Waals surface area contributed by atoms with Gasteiger partial charge in [0, 0.05) is 5.56 Å². The van der Waals surface area contributed by atoms with Gasteiger partial charge in [0.05, 0.1) is 35.5 Å². The molecule has 0 saturated heterocycles. The van der Waals surface area contributed by atoms with Gasteiger partial charge in [-0.1, -0.05) is 30.3 Å². The van der Waals surface area contributed by atoms with Crippen LogP contribution < -0.4 is 5.32 Å². The van der Waals surface area contributed by atoms with Crippen molar-refractivity contribution in [2.24, 2.45) is 0 Å². The number of H-pyrrole nitrogens is 1. The van der Waals surface area contributed by atoms with Crippen LogP contribution in [0, 0.1) is 0 Å². The van der Waals surface area contributed by atoms with Crippen molar-refractivity contribution in [3.63, 3.8) is 0 Å². The van der Waals surface area contributed by atoms with Crippen molar-refractivity contribution in [1.29, 1.82) is 0 Å². The molecule has 136 valence electrons. The maximum atomic E-state index is 12.8. The molecule has 0 aliphatic heterocycles. The van der Waals surface area contributed by atoms with Crippen LogP contribution in [-0.4, -0.2) is 25.7 Å². The van der Waals surface area contributed by atoms with Gasteiger partial charge in [0.25, 0.3) is 6.43 Å². The molecule has 4 rings (SSSR count). The third-order valence-corrected chi connectivity index (χ3v) is 4.03. The van der Waals surface area contributed by atoms with E-state index in [1.165, 1.54) is 29.1 Å². The SMILES string of the molecule is O=C(Cc1cccc(C(F)F)c1)Nc1cnn(-c2nc3ccccc3[nH]2)c1. The quantitative estimate of drug-likeness (QED) is 0.562. The van der Waals surface area contributed by atoms with Crippen molar-refractivity contribution >= 4 is 22.6 Å². The molecule has 8 heteroatoms. The number of benzene rings is 2. The largest absolute Gasteiger partial charge is 0.323 e. The maximum Gasteiger partial charge on any atom is 0.263 e. The Morgan fingerprint density at radius 2 is 2.04 bits per heavy atom. The fraction of sp³-hybridized carbons (Fsp3) is 0.105. The first-order chi connectivity index (χ1) is 13.1. The maximum absolute atomic E-state index is 12.8. The van der Waals surface area contributed by atoms with Gasteiger partial charge in [-0.05, 0) is 23.8 Å². The van der Waals surface area contributed by atoms with Crippen molar-refractivity contribution in [3.8, 4) is 5.95 Å². The lowest BCUT2D eigenvalue weighted by Crippen LogP contribution is -2.14. The fourth-order valence-corrected chi connectivity index (χ4v) is 2.78. The number of hydrogen-bond donors (Lipinski definition) is 2. The predicted molar refractivity (Wildman–Crippen MR) is 96.9 cm³/mol. The molecule has 0 bridgehead atoms. The third-order valence-electron chi connectivity index (χ3n) is 4.03. The van der Waals surface area contributed by atoms with Crippen molar-refractivity contribution in [2.45, 2.75) is 12.8 Å². The third kappa shape index (κ3) is 3.69. The summed E-state index contributed by atoms with van der Waals surface area (Å²) >= 11 is 0. The molecule has 0 aliphatic carbocycles. The minimum Gasteiger partial charge on any atom is -0.323 e. The van der Waals surface area contributed by atoms with Gasteiger partial charge in [-0.2, -0.15) is 5.10 Å². The zero-order valence-corrected chi connectivity index (χ0v) is 14.1. The number of halogens is 2.